The fourth-order valence-electron chi connectivity index (χ4n) is 3.01. The standard InChI is InChI=1S/C19H22FN5O3/c20-16-4-1-14(2-5-16)3-6-17(13-26)24-7-9-25(10-8-24)19-21-11-15(12-22-19)18(27)23-28/h1-6,11-12,17,26,28H,7-10,13H2,(H,23,27)/t17-/m0/s1. The molecule has 28 heavy (non-hydrogen) atoms. The number of aliphatic hydroxyl groups excluding tert-OH is 1. The summed E-state index contributed by atoms with van der Waals surface area (Å²) in [7, 11) is 0. The minimum absolute atomic E-state index is 0.0147. The van der Waals surface area contributed by atoms with Crippen LogP contribution in [0, 0.1) is 5.82 Å². The third-order valence-electron chi connectivity index (χ3n) is 4.64. The highest BCUT2D eigenvalue weighted by molar-refractivity contribution is 5.92. The van der Waals surface area contributed by atoms with Crippen LogP contribution < -0.4 is 10.4 Å². The van der Waals surface area contributed by atoms with Gasteiger partial charge in [-0.1, -0.05) is 24.3 Å². The molecule has 1 saturated heterocycles. The van der Waals surface area contributed by atoms with Crippen LogP contribution in [0.5, 0.6) is 0 Å². The number of amides is 1. The number of nitrogens with one attached hydrogen (secondary N) is 1. The van der Waals surface area contributed by atoms with Crippen LogP contribution in [-0.4, -0.2) is 69.9 Å². The van der Waals surface area contributed by atoms with Gasteiger partial charge in [0.1, 0.15) is 5.82 Å². The molecule has 1 aromatic heterocycles. The number of piperazine rings is 1. The van der Waals surface area contributed by atoms with Crippen LogP contribution in [-0.2, 0) is 0 Å². The highest BCUT2D eigenvalue weighted by Gasteiger charge is 2.23. The molecule has 2 aromatic rings. The molecular formula is C19H22FN5O3. The van der Waals surface area contributed by atoms with E-state index in [0.29, 0.717) is 32.1 Å². The van der Waals surface area contributed by atoms with Gasteiger partial charge in [-0.15, -0.1) is 0 Å². The summed E-state index contributed by atoms with van der Waals surface area (Å²) in [6.45, 7) is 2.75. The lowest BCUT2D eigenvalue weighted by Crippen LogP contribution is -2.51. The molecule has 1 atom stereocenters. The summed E-state index contributed by atoms with van der Waals surface area (Å²) in [5, 5.41) is 18.4. The molecule has 0 bridgehead atoms. The Labute approximate surface area is 161 Å². The Hall–Kier alpha value is -2.88. The number of benzene rings is 1. The smallest absolute Gasteiger partial charge is 0.277 e. The van der Waals surface area contributed by atoms with E-state index in [9.17, 15) is 14.3 Å². The lowest BCUT2D eigenvalue weighted by molar-refractivity contribution is 0.0705. The summed E-state index contributed by atoms with van der Waals surface area (Å²) >= 11 is 0. The number of hydroxylamine groups is 1. The fraction of sp³-hybridized carbons (Fsp3) is 0.316. The normalized spacial score (nSPS) is 16.3. The number of anilines is 1. The fourth-order valence-corrected chi connectivity index (χ4v) is 3.01. The van der Waals surface area contributed by atoms with E-state index in [1.54, 1.807) is 17.6 Å². The summed E-state index contributed by atoms with van der Waals surface area (Å²) < 4.78 is 13.0. The first-order valence-electron chi connectivity index (χ1n) is 8.91. The number of hydrogen-bond acceptors (Lipinski definition) is 7. The van der Waals surface area contributed by atoms with Crippen molar-refractivity contribution in [2.45, 2.75) is 6.04 Å². The Morgan fingerprint density at radius 2 is 1.82 bits per heavy atom. The maximum Gasteiger partial charge on any atom is 0.277 e. The maximum absolute atomic E-state index is 13.0. The van der Waals surface area contributed by atoms with Crippen molar-refractivity contribution in [2.24, 2.45) is 0 Å². The predicted molar refractivity (Wildman–Crippen MR) is 101 cm³/mol. The molecule has 3 N–H and O–H groups in total. The molecule has 0 radical (unpaired) electrons. The summed E-state index contributed by atoms with van der Waals surface area (Å²) in [6.07, 6.45) is 6.52. The van der Waals surface area contributed by atoms with Crippen LogP contribution in [0.1, 0.15) is 15.9 Å². The van der Waals surface area contributed by atoms with E-state index in [1.165, 1.54) is 24.5 Å². The third-order valence-corrected chi connectivity index (χ3v) is 4.64. The van der Waals surface area contributed by atoms with Gasteiger partial charge in [-0.05, 0) is 17.7 Å². The number of carbonyl (C=O) groups excluding carboxylic acids is 1. The van der Waals surface area contributed by atoms with Crippen molar-refractivity contribution in [1.29, 1.82) is 0 Å². The van der Waals surface area contributed by atoms with Crippen molar-refractivity contribution < 1.29 is 19.5 Å². The van der Waals surface area contributed by atoms with Crippen molar-refractivity contribution in [3.05, 3.63) is 59.7 Å². The number of nitrogens with zero attached hydrogens (tertiary/aromatic N) is 4. The van der Waals surface area contributed by atoms with E-state index >= 15 is 0 Å². The largest absolute Gasteiger partial charge is 0.394 e. The average Bonchev–Trinajstić information content (AvgIpc) is 2.75. The molecule has 0 aliphatic carbocycles. The average molecular weight is 387 g/mol. The number of carbonyl (C=O) groups is 1. The quantitative estimate of drug-likeness (QED) is 0.501. The van der Waals surface area contributed by atoms with Crippen LogP contribution in [0.2, 0.25) is 0 Å². The minimum Gasteiger partial charge on any atom is -0.394 e. The summed E-state index contributed by atoms with van der Waals surface area (Å²) in [6, 6.07) is 6.06. The zero-order valence-corrected chi connectivity index (χ0v) is 15.2. The van der Waals surface area contributed by atoms with Crippen LogP contribution in [0.4, 0.5) is 10.3 Å². The lowest BCUT2D eigenvalue weighted by Gasteiger charge is -2.37. The monoisotopic (exact) mass is 387 g/mol. The molecule has 1 aliphatic heterocycles. The predicted octanol–water partition coefficient (Wildman–Crippen LogP) is 0.931. The highest BCUT2D eigenvalue weighted by Crippen LogP contribution is 2.14. The zero-order valence-electron chi connectivity index (χ0n) is 15.2. The molecule has 148 valence electrons. The first-order valence-corrected chi connectivity index (χ1v) is 8.91. The van der Waals surface area contributed by atoms with Gasteiger partial charge in [-0.2, -0.15) is 0 Å². The molecular weight excluding hydrogens is 365 g/mol. The van der Waals surface area contributed by atoms with Crippen LogP contribution in [0.3, 0.4) is 0 Å². The molecule has 0 spiro atoms. The van der Waals surface area contributed by atoms with E-state index in [0.717, 1.165) is 5.56 Å². The van der Waals surface area contributed by atoms with Crippen LogP contribution >= 0.6 is 0 Å². The SMILES string of the molecule is O=C(NO)c1cnc(N2CCN([C@@H](C=Cc3ccc(F)cc3)CO)CC2)nc1. The van der Waals surface area contributed by atoms with E-state index in [4.69, 9.17) is 5.21 Å². The van der Waals surface area contributed by atoms with Gasteiger partial charge < -0.3 is 10.0 Å². The first kappa shape index (κ1) is 19.9. The second-order valence-electron chi connectivity index (χ2n) is 6.40. The molecule has 0 saturated carbocycles. The third kappa shape index (κ3) is 4.89. The number of aromatic nitrogens is 2. The number of hydrogen-bond donors (Lipinski definition) is 3. The van der Waals surface area contributed by atoms with Gasteiger partial charge in [0.2, 0.25) is 5.95 Å². The number of rotatable bonds is 6. The molecule has 1 fully saturated rings. The molecule has 3 rings (SSSR count). The molecule has 2 heterocycles. The van der Waals surface area contributed by atoms with E-state index in [2.05, 4.69) is 14.9 Å². The maximum atomic E-state index is 13.0. The molecule has 1 amide bonds. The molecule has 1 aromatic carbocycles. The Balaban J connectivity index is 1.57. The second kappa shape index (κ2) is 9.36. The topological polar surface area (TPSA) is 102 Å². The van der Waals surface area contributed by atoms with E-state index in [1.807, 2.05) is 17.1 Å². The first-order chi connectivity index (χ1) is 13.6. The van der Waals surface area contributed by atoms with Crippen LogP contribution in [0.25, 0.3) is 6.08 Å². The molecule has 8 nitrogen and oxygen atoms in total. The van der Waals surface area contributed by atoms with Gasteiger partial charge in [0, 0.05) is 38.6 Å². The molecule has 1 aliphatic rings. The van der Waals surface area contributed by atoms with Crippen molar-refractivity contribution in [1.82, 2.24) is 20.3 Å². The van der Waals surface area contributed by atoms with Gasteiger partial charge >= 0.3 is 0 Å². The summed E-state index contributed by atoms with van der Waals surface area (Å²) in [5.41, 5.74) is 2.59. The van der Waals surface area contributed by atoms with Gasteiger partial charge in [0.15, 0.2) is 0 Å². The van der Waals surface area contributed by atoms with E-state index in [-0.39, 0.29) is 24.0 Å². The Morgan fingerprint density at radius 1 is 1.18 bits per heavy atom. The molecule has 9 heteroatoms. The minimum atomic E-state index is -0.657. The summed E-state index contributed by atoms with van der Waals surface area (Å²) in [5.74, 6) is -0.425. The number of halogens is 1. The second-order valence-corrected chi connectivity index (χ2v) is 6.40. The van der Waals surface area contributed by atoms with Gasteiger partial charge in [-0.3, -0.25) is 14.9 Å². The highest BCUT2D eigenvalue weighted by atomic mass is 19.1. The van der Waals surface area contributed by atoms with E-state index < -0.39 is 5.91 Å². The Kier molecular flexibility index (Phi) is 6.64. The van der Waals surface area contributed by atoms with Crippen LogP contribution in [0.15, 0.2) is 42.7 Å². The van der Waals surface area contributed by atoms with Crippen molar-refractivity contribution >= 4 is 17.9 Å². The van der Waals surface area contributed by atoms with Gasteiger partial charge in [0.05, 0.1) is 18.2 Å². The lowest BCUT2D eigenvalue weighted by atomic mass is 10.1. The van der Waals surface area contributed by atoms with Gasteiger partial charge in [0.25, 0.3) is 5.91 Å². The zero-order chi connectivity index (χ0) is 19.9. The molecule has 0 unspecified atom stereocenters. The van der Waals surface area contributed by atoms with Crippen molar-refractivity contribution in [3.63, 3.8) is 0 Å². The van der Waals surface area contributed by atoms with Crippen molar-refractivity contribution in [3.8, 4) is 0 Å². The Bertz CT molecular complexity index is 805. The van der Waals surface area contributed by atoms with Crippen molar-refractivity contribution in [2.75, 3.05) is 37.7 Å². The Morgan fingerprint density at radius 3 is 2.39 bits per heavy atom. The van der Waals surface area contributed by atoms with Gasteiger partial charge in [-0.25, -0.2) is 19.8 Å². The number of aliphatic hydroxyl groups is 1. The summed E-state index contributed by atoms with van der Waals surface area (Å²) in [4.78, 5) is 23.8.